The van der Waals surface area contributed by atoms with E-state index in [0.717, 1.165) is 52.8 Å². The molecule has 196 valence electrons. The van der Waals surface area contributed by atoms with Crippen LogP contribution < -0.4 is 4.90 Å². The molecule has 13 heteroatoms. The number of anilines is 2. The van der Waals surface area contributed by atoms with Crippen LogP contribution in [0.5, 0.6) is 0 Å². The summed E-state index contributed by atoms with van der Waals surface area (Å²) in [7, 11) is 3.32. The van der Waals surface area contributed by atoms with Crippen molar-refractivity contribution in [3.63, 3.8) is 0 Å². The van der Waals surface area contributed by atoms with Crippen molar-refractivity contribution in [3.05, 3.63) is 65.0 Å². The largest absolute Gasteiger partial charge is 0.320 e. The number of fused-ring (bicyclic) bond motifs is 1. The van der Waals surface area contributed by atoms with Crippen LogP contribution in [0.15, 0.2) is 48.0 Å². The van der Waals surface area contributed by atoms with Crippen LogP contribution in [0.1, 0.15) is 36.9 Å². The van der Waals surface area contributed by atoms with E-state index in [-0.39, 0.29) is 17.0 Å². The monoisotopic (exact) mass is 549 g/mol. The van der Waals surface area contributed by atoms with Gasteiger partial charge < -0.3 is 4.90 Å². The van der Waals surface area contributed by atoms with Crippen molar-refractivity contribution >= 4 is 61.5 Å². The van der Waals surface area contributed by atoms with Gasteiger partial charge in [-0.15, -0.1) is 11.3 Å². The molecule has 0 saturated carbocycles. The normalized spacial score (nSPS) is 15.8. The van der Waals surface area contributed by atoms with E-state index in [1.54, 1.807) is 27.8 Å². The number of hydrogen-bond donors (Lipinski definition) is 0. The number of benzene rings is 1. The highest BCUT2D eigenvalue weighted by Crippen LogP contribution is 2.38. The number of rotatable bonds is 7. The highest BCUT2D eigenvalue weighted by molar-refractivity contribution is 7.88. The van der Waals surface area contributed by atoms with E-state index in [0.29, 0.717) is 13.1 Å². The fraction of sp³-hybridized carbons (Fsp3) is 0.360. The predicted octanol–water partition coefficient (Wildman–Crippen LogP) is 1.95. The lowest BCUT2D eigenvalue weighted by Gasteiger charge is -2.36. The Morgan fingerprint density at radius 1 is 1.11 bits per heavy atom. The number of piperidine rings is 1. The SMILES string of the molecule is BC(B)(B)N(c1nc(-c2ccc(F)cc2)cs1)c1c(CC)nc2ccc(C3CCN(S(C)(=O)=O)CC3)cn12. The lowest BCUT2D eigenvalue weighted by Crippen LogP contribution is -2.49. The molecule has 1 saturated heterocycles. The number of aromatic nitrogens is 3. The Hall–Kier alpha value is -2.63. The molecule has 4 heterocycles. The van der Waals surface area contributed by atoms with Gasteiger partial charge in [-0.3, -0.25) is 4.40 Å². The minimum atomic E-state index is -3.16. The fourth-order valence-corrected chi connectivity index (χ4v) is 7.05. The van der Waals surface area contributed by atoms with Gasteiger partial charge in [0.1, 0.15) is 40.8 Å². The van der Waals surface area contributed by atoms with Gasteiger partial charge in [-0.1, -0.05) is 13.0 Å². The highest BCUT2D eigenvalue weighted by atomic mass is 32.2. The van der Waals surface area contributed by atoms with Gasteiger partial charge in [0, 0.05) is 30.2 Å². The van der Waals surface area contributed by atoms with Gasteiger partial charge in [-0.2, -0.15) is 0 Å². The quantitative estimate of drug-likeness (QED) is 0.330. The maximum atomic E-state index is 13.5. The summed E-state index contributed by atoms with van der Waals surface area (Å²) >= 11 is 1.56. The molecule has 38 heavy (non-hydrogen) atoms. The van der Waals surface area contributed by atoms with Crippen LogP contribution in [0.25, 0.3) is 16.9 Å². The third-order valence-electron chi connectivity index (χ3n) is 7.12. The molecule has 0 aliphatic carbocycles. The molecular weight excluding hydrogens is 518 g/mol. The molecule has 0 N–H and O–H groups in total. The summed E-state index contributed by atoms with van der Waals surface area (Å²) in [5.74, 6) is 1.01. The summed E-state index contributed by atoms with van der Waals surface area (Å²) in [5.41, 5.74) is 4.73. The lowest BCUT2D eigenvalue weighted by atomic mass is 9.48. The van der Waals surface area contributed by atoms with Crippen molar-refractivity contribution in [2.45, 2.75) is 37.3 Å². The summed E-state index contributed by atoms with van der Waals surface area (Å²) in [6, 6.07) is 10.6. The molecule has 0 unspecified atom stereocenters. The third kappa shape index (κ3) is 5.28. The smallest absolute Gasteiger partial charge is 0.211 e. The minimum absolute atomic E-state index is 0.267. The maximum absolute atomic E-state index is 13.5. The van der Waals surface area contributed by atoms with Gasteiger partial charge in [0.15, 0.2) is 5.13 Å². The third-order valence-corrected chi connectivity index (χ3v) is 9.25. The average molecular weight is 549 g/mol. The summed E-state index contributed by atoms with van der Waals surface area (Å²) in [6.45, 7) is 3.19. The van der Waals surface area contributed by atoms with Crippen LogP contribution in [0.3, 0.4) is 0 Å². The second-order valence-corrected chi connectivity index (χ2v) is 13.7. The first kappa shape index (κ1) is 27.0. The number of aryl methyl sites for hydroxylation is 1. The number of sulfonamides is 1. The van der Waals surface area contributed by atoms with Crippen LogP contribution in [0.4, 0.5) is 15.3 Å². The van der Waals surface area contributed by atoms with E-state index >= 15 is 0 Å². The number of thiazole rings is 1. The van der Waals surface area contributed by atoms with Crippen molar-refractivity contribution in [1.29, 1.82) is 0 Å². The first-order valence-electron chi connectivity index (χ1n) is 12.9. The van der Waals surface area contributed by atoms with Gasteiger partial charge in [0.05, 0.1) is 17.6 Å². The molecule has 1 aliphatic heterocycles. The van der Waals surface area contributed by atoms with Gasteiger partial charge in [0.2, 0.25) is 10.0 Å². The molecule has 0 atom stereocenters. The Balaban J connectivity index is 1.56. The van der Waals surface area contributed by atoms with Gasteiger partial charge in [-0.05, 0) is 66.3 Å². The summed E-state index contributed by atoms with van der Waals surface area (Å²) in [4.78, 5) is 12.2. The second-order valence-electron chi connectivity index (χ2n) is 10.9. The molecule has 5 rings (SSSR count). The summed E-state index contributed by atoms with van der Waals surface area (Å²) in [6.07, 6.45) is 5.80. The number of nitrogens with zero attached hydrogens (tertiary/aromatic N) is 5. The number of pyridine rings is 1. The Labute approximate surface area is 230 Å². The van der Waals surface area contributed by atoms with Crippen molar-refractivity contribution in [2.75, 3.05) is 24.2 Å². The van der Waals surface area contributed by atoms with Gasteiger partial charge in [0.25, 0.3) is 0 Å². The Bertz CT molecular complexity index is 1560. The molecule has 0 amide bonds. The molecule has 1 fully saturated rings. The van der Waals surface area contributed by atoms with Crippen LogP contribution in [-0.4, -0.2) is 75.2 Å². The average Bonchev–Trinajstić information content (AvgIpc) is 3.48. The van der Waals surface area contributed by atoms with E-state index in [2.05, 4.69) is 58.1 Å². The zero-order valence-corrected chi connectivity index (χ0v) is 24.1. The second kappa shape index (κ2) is 10.2. The summed E-state index contributed by atoms with van der Waals surface area (Å²) in [5, 5.41) is 2.56. The van der Waals surface area contributed by atoms with Crippen LogP contribution in [-0.2, 0) is 16.4 Å². The van der Waals surface area contributed by atoms with Crippen LogP contribution in [0, 0.1) is 5.82 Å². The van der Waals surface area contributed by atoms with E-state index in [1.807, 2.05) is 5.38 Å². The molecular formula is C25H31B3FN5O2S2. The predicted molar refractivity (Wildman–Crippen MR) is 161 cm³/mol. The topological polar surface area (TPSA) is 70.8 Å². The van der Waals surface area contributed by atoms with Crippen LogP contribution in [0.2, 0.25) is 0 Å². The highest BCUT2D eigenvalue weighted by Gasteiger charge is 2.32. The minimum Gasteiger partial charge on any atom is -0.320 e. The summed E-state index contributed by atoms with van der Waals surface area (Å²) < 4.78 is 41.2. The first-order chi connectivity index (χ1) is 18.0. The van der Waals surface area contributed by atoms with Crippen molar-refractivity contribution < 1.29 is 12.8 Å². The van der Waals surface area contributed by atoms with Crippen LogP contribution >= 0.6 is 11.3 Å². The molecule has 7 nitrogen and oxygen atoms in total. The molecule has 4 aromatic rings. The molecule has 0 radical (unpaired) electrons. The zero-order chi connectivity index (χ0) is 27.2. The van der Waals surface area contributed by atoms with Crippen molar-refractivity contribution in [3.8, 4) is 11.3 Å². The Kier molecular flexibility index (Phi) is 7.21. The fourth-order valence-electron chi connectivity index (χ4n) is 5.15. The van der Waals surface area contributed by atoms with E-state index in [1.165, 1.54) is 24.0 Å². The zero-order valence-electron chi connectivity index (χ0n) is 22.5. The number of halogens is 1. The molecule has 0 bridgehead atoms. The molecule has 3 aromatic heterocycles. The molecule has 1 aromatic carbocycles. The Morgan fingerprint density at radius 2 is 1.79 bits per heavy atom. The van der Waals surface area contributed by atoms with Gasteiger partial charge in [-0.25, -0.2) is 27.1 Å². The Morgan fingerprint density at radius 3 is 2.39 bits per heavy atom. The van der Waals surface area contributed by atoms with Gasteiger partial charge >= 0.3 is 0 Å². The van der Waals surface area contributed by atoms with Crippen molar-refractivity contribution in [1.82, 2.24) is 18.7 Å². The molecule has 0 spiro atoms. The first-order valence-corrected chi connectivity index (χ1v) is 15.7. The maximum Gasteiger partial charge on any atom is 0.211 e. The standard InChI is InChI=1S/C25H31B3FN5O2S2/c1-3-20-23(34(25(26,27)28)24-31-21(15-37-24)17-4-7-19(29)8-5-17)33-14-18(6-9-22(33)30-20)16-10-12-32(13-11-16)38(2,35)36/h4-9,14-16H,3,10-13,26-28H2,1-2H3. The number of hydrogen-bond acceptors (Lipinski definition) is 6. The lowest BCUT2D eigenvalue weighted by molar-refractivity contribution is 0.321. The van der Waals surface area contributed by atoms with E-state index in [4.69, 9.17) is 9.97 Å². The van der Waals surface area contributed by atoms with E-state index in [9.17, 15) is 12.8 Å². The molecule has 1 aliphatic rings. The van der Waals surface area contributed by atoms with Crippen molar-refractivity contribution in [2.24, 2.45) is 0 Å². The number of imidazole rings is 1. The van der Waals surface area contributed by atoms with E-state index < -0.39 is 10.0 Å².